The molecule has 0 N–H and O–H groups in total. The lowest BCUT2D eigenvalue weighted by molar-refractivity contribution is -0.164. The van der Waals surface area contributed by atoms with Crippen LogP contribution < -0.4 is 0 Å². The van der Waals surface area contributed by atoms with Crippen LogP contribution >= 0.6 is 0 Å². The molecule has 0 aromatic rings. The number of rotatable bonds is 1. The average Bonchev–Trinajstić information content (AvgIpc) is 3.03. The molecular weight excluding hydrogens is 340 g/mol. The van der Waals surface area contributed by atoms with Crippen molar-refractivity contribution in [3.63, 3.8) is 0 Å². The Hall–Kier alpha value is -1.13. The maximum Gasteiger partial charge on any atom is 0.303 e. The van der Waals surface area contributed by atoms with Crippen LogP contribution in [0.5, 0.6) is 0 Å². The molecule has 5 atom stereocenters. The number of esters is 1. The molecule has 0 radical (unpaired) electrons. The lowest BCUT2D eigenvalue weighted by atomic mass is 9.56. The first-order chi connectivity index (χ1) is 13.0. The van der Waals surface area contributed by atoms with Crippen molar-refractivity contribution in [3.8, 4) is 0 Å². The van der Waals surface area contributed by atoms with Crippen LogP contribution in [0.3, 0.4) is 0 Å². The molecule has 5 aliphatic carbocycles. The fourth-order valence-electron chi connectivity index (χ4n) is 7.66. The van der Waals surface area contributed by atoms with Gasteiger partial charge in [0.05, 0.1) is 13.2 Å². The minimum atomic E-state index is -0.316. The zero-order chi connectivity index (χ0) is 18.4. The van der Waals surface area contributed by atoms with Crippen molar-refractivity contribution in [2.45, 2.75) is 76.6 Å². The van der Waals surface area contributed by atoms with Gasteiger partial charge in [0.1, 0.15) is 5.60 Å². The summed E-state index contributed by atoms with van der Waals surface area (Å²) < 4.78 is 18.0. The maximum absolute atomic E-state index is 11.8. The third kappa shape index (κ3) is 2.09. The van der Waals surface area contributed by atoms with E-state index in [1.807, 2.05) is 0 Å². The number of carbonyl (C=O) groups is 1. The Labute approximate surface area is 161 Å². The van der Waals surface area contributed by atoms with Crippen LogP contribution in [0.1, 0.15) is 65.2 Å². The minimum absolute atomic E-state index is 0.100. The average molecular weight is 370 g/mol. The van der Waals surface area contributed by atoms with Crippen molar-refractivity contribution >= 4 is 5.97 Å². The lowest BCUT2D eigenvalue weighted by Crippen LogP contribution is -2.46. The predicted octanol–water partition coefficient (Wildman–Crippen LogP) is 4.30. The first-order valence-corrected chi connectivity index (χ1v) is 10.9. The van der Waals surface area contributed by atoms with Crippen molar-refractivity contribution in [2.24, 2.45) is 23.2 Å². The topological polar surface area (TPSA) is 44.8 Å². The quantitative estimate of drug-likeness (QED) is 0.646. The number of allylic oxidation sites excluding steroid dienone is 3. The summed E-state index contributed by atoms with van der Waals surface area (Å²) in [6.45, 7) is 5.47. The van der Waals surface area contributed by atoms with Gasteiger partial charge in [-0.2, -0.15) is 0 Å². The highest BCUT2D eigenvalue weighted by molar-refractivity contribution is 5.67. The standard InChI is InChI=1S/C23H30O4/c1-14(24)27-23-13-16(23)11-20-19-4-3-15-12-22(25-9-10-26-22)8-6-17(15)18(19)5-7-21(20,23)2/h5,16,19-20H,3-4,6-13H2,1-2H3/t16-,19+,20-,21-,23?/m0/s1. The second kappa shape index (κ2) is 5.27. The Morgan fingerprint density at radius 1 is 1.26 bits per heavy atom. The molecule has 6 rings (SSSR count). The molecular formula is C23H30O4. The summed E-state index contributed by atoms with van der Waals surface area (Å²) in [5.74, 6) is 1.50. The fourth-order valence-corrected chi connectivity index (χ4v) is 7.66. The van der Waals surface area contributed by atoms with Crippen LogP contribution in [0.25, 0.3) is 0 Å². The molecule has 146 valence electrons. The third-order valence-corrected chi connectivity index (χ3v) is 8.91. The van der Waals surface area contributed by atoms with E-state index in [2.05, 4.69) is 13.0 Å². The van der Waals surface area contributed by atoms with E-state index in [1.165, 1.54) is 19.3 Å². The molecule has 3 fully saturated rings. The highest BCUT2D eigenvalue weighted by Crippen LogP contribution is 2.75. The molecule has 1 spiro atoms. The maximum atomic E-state index is 11.8. The van der Waals surface area contributed by atoms with E-state index in [4.69, 9.17) is 14.2 Å². The Balaban J connectivity index is 1.33. The van der Waals surface area contributed by atoms with Crippen molar-refractivity contribution in [1.82, 2.24) is 0 Å². The number of hydrogen-bond acceptors (Lipinski definition) is 4. The van der Waals surface area contributed by atoms with Gasteiger partial charge in [0, 0.05) is 31.1 Å². The zero-order valence-corrected chi connectivity index (χ0v) is 16.5. The second-order valence-electron chi connectivity index (χ2n) is 10.0. The van der Waals surface area contributed by atoms with E-state index in [0.29, 0.717) is 17.8 Å². The SMILES string of the molecule is CC(=O)OC12C[C@@H]1C[C@H]1[C@@H]3CCC4=C(CCC5(C4)OCCO5)C3=CC[C@@]12C. The number of hydrogen-bond donors (Lipinski definition) is 0. The van der Waals surface area contributed by atoms with Crippen LogP contribution in [0.2, 0.25) is 0 Å². The van der Waals surface area contributed by atoms with Gasteiger partial charge in [-0.15, -0.1) is 0 Å². The summed E-state index contributed by atoms with van der Waals surface area (Å²) in [6, 6.07) is 0. The highest BCUT2D eigenvalue weighted by Gasteiger charge is 2.76. The molecule has 0 amide bonds. The molecule has 0 aromatic heterocycles. The molecule has 1 unspecified atom stereocenters. The van der Waals surface area contributed by atoms with Gasteiger partial charge in [0.25, 0.3) is 0 Å². The lowest BCUT2D eigenvalue weighted by Gasteiger charge is -2.50. The Morgan fingerprint density at radius 2 is 2.07 bits per heavy atom. The number of fused-ring (bicyclic) bond motifs is 6. The van der Waals surface area contributed by atoms with Crippen molar-refractivity contribution < 1.29 is 19.0 Å². The van der Waals surface area contributed by atoms with Gasteiger partial charge in [0.2, 0.25) is 0 Å². The van der Waals surface area contributed by atoms with E-state index in [0.717, 1.165) is 45.3 Å². The summed E-state index contributed by atoms with van der Waals surface area (Å²) in [7, 11) is 0. The van der Waals surface area contributed by atoms with Crippen molar-refractivity contribution in [1.29, 1.82) is 0 Å². The van der Waals surface area contributed by atoms with E-state index < -0.39 is 0 Å². The Kier molecular flexibility index (Phi) is 3.28. The molecule has 0 aromatic carbocycles. The van der Waals surface area contributed by atoms with Crippen molar-refractivity contribution in [2.75, 3.05) is 13.2 Å². The first-order valence-electron chi connectivity index (χ1n) is 10.9. The minimum Gasteiger partial charge on any atom is -0.458 e. The second-order valence-corrected chi connectivity index (χ2v) is 10.0. The molecule has 1 aliphatic heterocycles. The Bertz CT molecular complexity index is 773. The Morgan fingerprint density at radius 3 is 2.85 bits per heavy atom. The largest absolute Gasteiger partial charge is 0.458 e. The van der Waals surface area contributed by atoms with Gasteiger partial charge in [-0.1, -0.05) is 18.6 Å². The van der Waals surface area contributed by atoms with Crippen LogP contribution in [-0.2, 0) is 19.0 Å². The summed E-state index contributed by atoms with van der Waals surface area (Å²) >= 11 is 0. The normalized spacial score (nSPS) is 46.3. The van der Waals surface area contributed by atoms with Gasteiger partial charge in [0.15, 0.2) is 5.79 Å². The van der Waals surface area contributed by atoms with E-state index in [-0.39, 0.29) is 22.8 Å². The summed E-state index contributed by atoms with van der Waals surface area (Å²) in [5, 5.41) is 0. The van der Waals surface area contributed by atoms with E-state index >= 15 is 0 Å². The predicted molar refractivity (Wildman–Crippen MR) is 99.8 cm³/mol. The highest BCUT2D eigenvalue weighted by atomic mass is 16.7. The number of carbonyl (C=O) groups excluding carboxylic acids is 1. The zero-order valence-electron chi connectivity index (χ0n) is 16.5. The molecule has 6 aliphatic rings. The van der Waals surface area contributed by atoms with Crippen LogP contribution in [0.4, 0.5) is 0 Å². The van der Waals surface area contributed by atoms with Crippen LogP contribution in [-0.4, -0.2) is 30.6 Å². The molecule has 0 bridgehead atoms. The van der Waals surface area contributed by atoms with Crippen molar-refractivity contribution in [3.05, 3.63) is 22.8 Å². The van der Waals surface area contributed by atoms with E-state index in [9.17, 15) is 4.79 Å². The van der Waals surface area contributed by atoms with Crippen LogP contribution in [0.15, 0.2) is 22.8 Å². The van der Waals surface area contributed by atoms with Crippen LogP contribution in [0, 0.1) is 23.2 Å². The van der Waals surface area contributed by atoms with Gasteiger partial charge in [-0.3, -0.25) is 4.79 Å². The third-order valence-electron chi connectivity index (χ3n) is 8.91. The molecule has 1 heterocycles. The fraction of sp³-hybridized carbons (Fsp3) is 0.783. The van der Waals surface area contributed by atoms with Gasteiger partial charge in [-0.05, 0) is 61.5 Å². The molecule has 2 saturated carbocycles. The van der Waals surface area contributed by atoms with Gasteiger partial charge in [-0.25, -0.2) is 0 Å². The summed E-state index contributed by atoms with van der Waals surface area (Å²) in [5.41, 5.74) is 4.81. The molecule has 4 nitrogen and oxygen atoms in total. The molecule has 27 heavy (non-hydrogen) atoms. The van der Waals surface area contributed by atoms with Gasteiger partial charge < -0.3 is 14.2 Å². The monoisotopic (exact) mass is 370 g/mol. The molecule has 4 heteroatoms. The number of ether oxygens (including phenoxy) is 3. The van der Waals surface area contributed by atoms with E-state index in [1.54, 1.807) is 23.6 Å². The molecule has 1 saturated heterocycles. The smallest absolute Gasteiger partial charge is 0.303 e. The summed E-state index contributed by atoms with van der Waals surface area (Å²) in [6.07, 6.45) is 11.4. The summed E-state index contributed by atoms with van der Waals surface area (Å²) in [4.78, 5) is 11.8. The first kappa shape index (κ1) is 16.8. The van der Waals surface area contributed by atoms with Gasteiger partial charge >= 0.3 is 5.97 Å².